The Bertz CT molecular complexity index is 1130. The highest BCUT2D eigenvalue weighted by Crippen LogP contribution is 2.27. The molecule has 4 rings (SSSR count). The number of hydrogen-bond acceptors (Lipinski definition) is 5. The van der Waals surface area contributed by atoms with Crippen molar-refractivity contribution >= 4 is 17.5 Å². The second-order valence-corrected chi connectivity index (χ2v) is 7.12. The first-order valence-corrected chi connectivity index (χ1v) is 9.82. The summed E-state index contributed by atoms with van der Waals surface area (Å²) in [6, 6.07) is 10.8. The van der Waals surface area contributed by atoms with E-state index >= 15 is 0 Å². The van der Waals surface area contributed by atoms with Crippen LogP contribution in [0.4, 0.5) is 5.69 Å². The number of hydrogen-bond donors (Lipinski definition) is 2. The topological polar surface area (TPSA) is 113 Å². The number of benzene rings is 1. The third kappa shape index (κ3) is 3.86. The van der Waals surface area contributed by atoms with Crippen LogP contribution >= 0.6 is 0 Å². The molecule has 0 saturated carbocycles. The van der Waals surface area contributed by atoms with Crippen molar-refractivity contribution in [2.75, 3.05) is 18.0 Å². The maximum absolute atomic E-state index is 12.7. The number of anilines is 1. The Labute approximate surface area is 172 Å². The molecule has 1 aliphatic rings. The smallest absolute Gasteiger partial charge is 0.264 e. The van der Waals surface area contributed by atoms with Crippen LogP contribution in [-0.2, 0) is 11.2 Å². The van der Waals surface area contributed by atoms with E-state index in [0.29, 0.717) is 23.6 Å². The van der Waals surface area contributed by atoms with Crippen LogP contribution in [-0.4, -0.2) is 44.9 Å². The minimum atomic E-state index is -0.317. The summed E-state index contributed by atoms with van der Waals surface area (Å²) < 4.78 is 1.47. The van der Waals surface area contributed by atoms with E-state index in [4.69, 9.17) is 0 Å². The minimum Gasteiger partial charge on any atom is -0.351 e. The van der Waals surface area contributed by atoms with E-state index in [-0.39, 0.29) is 30.3 Å². The summed E-state index contributed by atoms with van der Waals surface area (Å²) in [6.45, 7) is 2.67. The number of fused-ring (bicyclic) bond motifs is 1. The van der Waals surface area contributed by atoms with Gasteiger partial charge in [0.1, 0.15) is 0 Å². The lowest BCUT2D eigenvalue weighted by atomic mass is 10.0. The van der Waals surface area contributed by atoms with E-state index < -0.39 is 0 Å². The molecule has 0 atom stereocenters. The Morgan fingerprint density at radius 1 is 1.20 bits per heavy atom. The van der Waals surface area contributed by atoms with Gasteiger partial charge < -0.3 is 10.2 Å². The number of aromatic nitrogens is 4. The van der Waals surface area contributed by atoms with Crippen molar-refractivity contribution in [3.05, 3.63) is 69.8 Å². The Kier molecular flexibility index (Phi) is 5.42. The average Bonchev–Trinajstić information content (AvgIpc) is 3.15. The summed E-state index contributed by atoms with van der Waals surface area (Å²) >= 11 is 0. The maximum Gasteiger partial charge on any atom is 0.264 e. The molecule has 3 aromatic rings. The van der Waals surface area contributed by atoms with Gasteiger partial charge in [-0.3, -0.25) is 14.4 Å². The van der Waals surface area contributed by atoms with Crippen LogP contribution in [0, 0.1) is 6.92 Å². The van der Waals surface area contributed by atoms with Gasteiger partial charge >= 0.3 is 0 Å². The number of aryl methyl sites for hydroxylation is 1. The molecular formula is C21H22N6O3. The number of amides is 2. The van der Waals surface area contributed by atoms with Crippen LogP contribution in [0.15, 0.2) is 47.4 Å². The molecule has 0 bridgehead atoms. The number of carbonyl (C=O) groups excluding carboxylic acids is 2. The quantitative estimate of drug-likeness (QED) is 0.664. The van der Waals surface area contributed by atoms with Crippen molar-refractivity contribution in [3.63, 3.8) is 0 Å². The molecule has 0 aliphatic carbocycles. The van der Waals surface area contributed by atoms with Gasteiger partial charge in [0.05, 0.1) is 17.5 Å². The van der Waals surface area contributed by atoms with Gasteiger partial charge in [-0.25, -0.2) is 9.78 Å². The second-order valence-electron chi connectivity index (χ2n) is 7.12. The van der Waals surface area contributed by atoms with Gasteiger partial charge in [0.15, 0.2) is 5.82 Å². The zero-order valence-corrected chi connectivity index (χ0v) is 16.6. The highest BCUT2D eigenvalue weighted by molar-refractivity contribution is 5.97. The molecule has 2 N–H and O–H groups in total. The molecule has 0 radical (unpaired) electrons. The van der Waals surface area contributed by atoms with Gasteiger partial charge in [-0.15, -0.1) is 0 Å². The van der Waals surface area contributed by atoms with E-state index in [0.717, 1.165) is 18.5 Å². The van der Waals surface area contributed by atoms with E-state index in [1.54, 1.807) is 11.8 Å². The Morgan fingerprint density at radius 3 is 2.83 bits per heavy atom. The summed E-state index contributed by atoms with van der Waals surface area (Å²) in [4.78, 5) is 38.2. The van der Waals surface area contributed by atoms with E-state index in [2.05, 4.69) is 20.6 Å². The van der Waals surface area contributed by atoms with Crippen LogP contribution < -0.4 is 15.8 Å². The summed E-state index contributed by atoms with van der Waals surface area (Å²) in [7, 11) is 0. The Balaban J connectivity index is 1.37. The zero-order chi connectivity index (χ0) is 21.1. The maximum atomic E-state index is 12.7. The minimum absolute atomic E-state index is 0.00712. The first-order valence-electron chi connectivity index (χ1n) is 9.82. The van der Waals surface area contributed by atoms with E-state index in [9.17, 15) is 14.4 Å². The molecule has 30 heavy (non-hydrogen) atoms. The molecule has 1 aliphatic heterocycles. The first-order chi connectivity index (χ1) is 14.5. The van der Waals surface area contributed by atoms with Gasteiger partial charge in [-0.05, 0) is 37.5 Å². The number of H-pyrrole nitrogens is 1. The molecule has 2 amide bonds. The molecular weight excluding hydrogens is 384 g/mol. The standard InChI is InChI=1S/C21H22N6O3/c1-14-16(13-23-27(14)18-8-9-19(28)25-24-18)21(30)22-11-10-20(29)26-12-4-6-15-5-2-3-7-17(15)26/h2-3,5,7-9,13H,4,6,10-12H2,1H3,(H,22,30)(H,25,28). The van der Waals surface area contributed by atoms with Crippen molar-refractivity contribution in [3.8, 4) is 5.82 Å². The predicted molar refractivity (Wildman–Crippen MR) is 111 cm³/mol. The number of para-hydroxylation sites is 1. The van der Waals surface area contributed by atoms with Gasteiger partial charge in [0, 0.05) is 31.3 Å². The lowest BCUT2D eigenvalue weighted by Gasteiger charge is -2.29. The van der Waals surface area contributed by atoms with Crippen molar-refractivity contribution in [1.29, 1.82) is 0 Å². The fourth-order valence-corrected chi connectivity index (χ4v) is 3.62. The third-order valence-electron chi connectivity index (χ3n) is 5.17. The molecule has 0 fully saturated rings. The van der Waals surface area contributed by atoms with Crippen molar-refractivity contribution in [1.82, 2.24) is 25.3 Å². The second kappa shape index (κ2) is 8.32. The van der Waals surface area contributed by atoms with Crippen LogP contribution in [0.25, 0.3) is 5.82 Å². The van der Waals surface area contributed by atoms with Crippen LogP contribution in [0.3, 0.4) is 0 Å². The normalized spacial score (nSPS) is 13.0. The van der Waals surface area contributed by atoms with Crippen LogP contribution in [0.5, 0.6) is 0 Å². The summed E-state index contributed by atoms with van der Waals surface area (Å²) in [6.07, 6.45) is 3.57. The number of aromatic amines is 1. The molecule has 9 heteroatoms. The molecule has 2 aromatic heterocycles. The van der Waals surface area contributed by atoms with Gasteiger partial charge in [-0.1, -0.05) is 18.2 Å². The van der Waals surface area contributed by atoms with Gasteiger partial charge in [-0.2, -0.15) is 10.2 Å². The molecule has 3 heterocycles. The largest absolute Gasteiger partial charge is 0.351 e. The van der Waals surface area contributed by atoms with E-state index in [1.165, 1.54) is 28.6 Å². The monoisotopic (exact) mass is 406 g/mol. The number of nitrogens with one attached hydrogen (secondary N) is 2. The Hall–Kier alpha value is -3.75. The zero-order valence-electron chi connectivity index (χ0n) is 16.6. The molecule has 0 saturated heterocycles. The summed E-state index contributed by atoms with van der Waals surface area (Å²) in [5.41, 5.74) is 2.80. The molecule has 0 unspecified atom stereocenters. The highest BCUT2D eigenvalue weighted by Gasteiger charge is 2.22. The first kappa shape index (κ1) is 19.6. The lowest BCUT2D eigenvalue weighted by Crippen LogP contribution is -2.37. The predicted octanol–water partition coefficient (Wildman–Crippen LogP) is 1.36. The molecule has 9 nitrogen and oxygen atoms in total. The van der Waals surface area contributed by atoms with Crippen molar-refractivity contribution in [2.24, 2.45) is 0 Å². The molecule has 154 valence electrons. The van der Waals surface area contributed by atoms with Gasteiger partial charge in [0.2, 0.25) is 5.91 Å². The van der Waals surface area contributed by atoms with Crippen molar-refractivity contribution < 1.29 is 9.59 Å². The Morgan fingerprint density at radius 2 is 2.03 bits per heavy atom. The average molecular weight is 406 g/mol. The summed E-state index contributed by atoms with van der Waals surface area (Å²) in [5.74, 6) is 0.0902. The highest BCUT2D eigenvalue weighted by atomic mass is 16.2. The fraction of sp³-hybridized carbons (Fsp3) is 0.286. The fourth-order valence-electron chi connectivity index (χ4n) is 3.62. The van der Waals surface area contributed by atoms with Crippen molar-refractivity contribution in [2.45, 2.75) is 26.2 Å². The number of rotatable bonds is 5. The lowest BCUT2D eigenvalue weighted by molar-refractivity contribution is -0.118. The molecule has 0 spiro atoms. The van der Waals surface area contributed by atoms with Gasteiger partial charge in [0.25, 0.3) is 11.5 Å². The SMILES string of the molecule is Cc1c(C(=O)NCCC(=O)N2CCCc3ccccc32)cnn1-c1ccc(=O)[nH]n1. The van der Waals surface area contributed by atoms with E-state index in [1.807, 2.05) is 24.3 Å². The number of nitrogens with zero attached hydrogens (tertiary/aromatic N) is 4. The van der Waals surface area contributed by atoms with Crippen LogP contribution in [0.1, 0.15) is 34.5 Å². The summed E-state index contributed by atoms with van der Waals surface area (Å²) in [5, 5.41) is 13.2. The third-order valence-corrected chi connectivity index (χ3v) is 5.17. The number of carbonyl (C=O) groups is 2. The molecule has 1 aromatic carbocycles. The van der Waals surface area contributed by atoms with Crippen LogP contribution in [0.2, 0.25) is 0 Å².